The summed E-state index contributed by atoms with van der Waals surface area (Å²) in [6, 6.07) is 5.17. The Kier molecular flexibility index (Phi) is 3.83. The van der Waals surface area contributed by atoms with Crippen molar-refractivity contribution in [3.8, 4) is 5.75 Å². The predicted molar refractivity (Wildman–Crippen MR) is 57.9 cm³/mol. The molecule has 14 heavy (non-hydrogen) atoms. The van der Waals surface area contributed by atoms with Gasteiger partial charge in [-0.25, -0.2) is 0 Å². The second kappa shape index (κ2) is 4.91. The molecule has 3 nitrogen and oxygen atoms in total. The second-order valence-electron chi connectivity index (χ2n) is 2.66. The Bertz CT molecular complexity index is 339. The summed E-state index contributed by atoms with van der Waals surface area (Å²) in [5.74, 6) is 0.671. The average Bonchev–Trinajstić information content (AvgIpc) is 2.20. The van der Waals surface area contributed by atoms with Crippen molar-refractivity contribution in [2.45, 2.75) is 11.8 Å². The van der Waals surface area contributed by atoms with Crippen molar-refractivity contribution in [2.75, 3.05) is 12.8 Å². The number of phenols is 1. The quantitative estimate of drug-likeness (QED) is 0.750. The van der Waals surface area contributed by atoms with E-state index in [4.69, 9.17) is 0 Å². The third-order valence-corrected chi connectivity index (χ3v) is 2.70. The molecular weight excluding hydrogens is 198 g/mol. The van der Waals surface area contributed by atoms with Gasteiger partial charge in [-0.2, -0.15) is 0 Å². The molecule has 0 saturated heterocycles. The molecule has 4 heteroatoms. The topological polar surface area (TPSA) is 49.3 Å². The van der Waals surface area contributed by atoms with E-state index in [-0.39, 0.29) is 11.7 Å². The number of hydrogen-bond donors (Lipinski definition) is 2. The molecule has 0 saturated carbocycles. The predicted octanol–water partition coefficient (Wildman–Crippen LogP) is 1.86. The minimum Gasteiger partial charge on any atom is -0.506 e. The highest BCUT2D eigenvalue weighted by atomic mass is 32.2. The molecular formula is C10H13NO2S. The Morgan fingerprint density at radius 1 is 1.57 bits per heavy atom. The van der Waals surface area contributed by atoms with Crippen LogP contribution in [0.4, 0.5) is 0 Å². The Hall–Kier alpha value is -1.16. The summed E-state index contributed by atoms with van der Waals surface area (Å²) in [4.78, 5) is 12.1. The Morgan fingerprint density at radius 2 is 2.29 bits per heavy atom. The van der Waals surface area contributed by atoms with Crippen LogP contribution in [0.1, 0.15) is 17.3 Å². The first-order chi connectivity index (χ1) is 6.70. The van der Waals surface area contributed by atoms with Crippen LogP contribution in [-0.2, 0) is 0 Å². The van der Waals surface area contributed by atoms with Crippen LogP contribution in [0.5, 0.6) is 5.75 Å². The highest BCUT2D eigenvalue weighted by Crippen LogP contribution is 2.31. The van der Waals surface area contributed by atoms with Crippen LogP contribution < -0.4 is 5.32 Å². The van der Waals surface area contributed by atoms with Gasteiger partial charge in [0.05, 0.1) is 5.56 Å². The van der Waals surface area contributed by atoms with Crippen LogP contribution in [0.2, 0.25) is 0 Å². The van der Waals surface area contributed by atoms with Crippen molar-refractivity contribution in [3.05, 3.63) is 23.8 Å². The van der Waals surface area contributed by atoms with Crippen LogP contribution in [-0.4, -0.2) is 23.8 Å². The zero-order valence-electron chi connectivity index (χ0n) is 8.20. The maximum Gasteiger partial charge on any atom is 0.254 e. The lowest BCUT2D eigenvalue weighted by atomic mass is 10.2. The van der Waals surface area contributed by atoms with E-state index in [1.54, 1.807) is 25.2 Å². The molecule has 0 heterocycles. The van der Waals surface area contributed by atoms with Gasteiger partial charge in [-0.3, -0.25) is 4.79 Å². The number of nitrogens with one attached hydrogen (secondary N) is 1. The van der Waals surface area contributed by atoms with Gasteiger partial charge in [-0.15, -0.1) is 11.8 Å². The number of para-hydroxylation sites is 1. The minimum atomic E-state index is -0.263. The number of carbonyl (C=O) groups excluding carboxylic acids is 1. The molecule has 1 aromatic carbocycles. The number of rotatable bonds is 3. The smallest absolute Gasteiger partial charge is 0.254 e. The second-order valence-corrected chi connectivity index (χ2v) is 3.97. The fourth-order valence-corrected chi connectivity index (χ4v) is 1.84. The number of hydrogen-bond acceptors (Lipinski definition) is 3. The van der Waals surface area contributed by atoms with Gasteiger partial charge in [-0.1, -0.05) is 13.0 Å². The van der Waals surface area contributed by atoms with Crippen molar-refractivity contribution in [3.63, 3.8) is 0 Å². The highest BCUT2D eigenvalue weighted by molar-refractivity contribution is 7.99. The van der Waals surface area contributed by atoms with Gasteiger partial charge in [-0.05, 0) is 17.9 Å². The van der Waals surface area contributed by atoms with E-state index < -0.39 is 0 Å². The fourth-order valence-electron chi connectivity index (χ4n) is 1.11. The molecule has 0 aliphatic heterocycles. The molecule has 0 bridgehead atoms. The largest absolute Gasteiger partial charge is 0.506 e. The number of aromatic hydroxyl groups is 1. The third kappa shape index (κ3) is 2.20. The van der Waals surface area contributed by atoms with E-state index in [0.29, 0.717) is 5.56 Å². The summed E-state index contributed by atoms with van der Waals surface area (Å²) in [5, 5.41) is 12.2. The summed E-state index contributed by atoms with van der Waals surface area (Å²) in [7, 11) is 1.54. The van der Waals surface area contributed by atoms with Gasteiger partial charge in [0.15, 0.2) is 0 Å². The van der Waals surface area contributed by atoms with Gasteiger partial charge in [0, 0.05) is 11.9 Å². The molecule has 1 aromatic rings. The van der Waals surface area contributed by atoms with Crippen LogP contribution in [0.25, 0.3) is 0 Å². The first-order valence-electron chi connectivity index (χ1n) is 4.37. The molecule has 0 radical (unpaired) electrons. The Morgan fingerprint density at radius 3 is 2.86 bits per heavy atom. The highest BCUT2D eigenvalue weighted by Gasteiger charge is 2.12. The molecule has 0 spiro atoms. The third-order valence-electron chi connectivity index (χ3n) is 1.77. The number of thioether (sulfide) groups is 1. The normalized spacial score (nSPS) is 9.86. The van der Waals surface area contributed by atoms with Crippen molar-refractivity contribution in [1.82, 2.24) is 5.32 Å². The van der Waals surface area contributed by atoms with E-state index in [1.807, 2.05) is 6.92 Å². The fraction of sp³-hybridized carbons (Fsp3) is 0.300. The lowest BCUT2D eigenvalue weighted by Gasteiger charge is -2.07. The summed E-state index contributed by atoms with van der Waals surface area (Å²) in [5.41, 5.74) is 0.325. The van der Waals surface area contributed by atoms with Crippen LogP contribution in [0.15, 0.2) is 23.1 Å². The standard InChI is InChI=1S/C10H13NO2S/c1-3-14-8-6-4-5-7(9(8)12)10(13)11-2/h4-6,12H,3H2,1-2H3,(H,11,13). The van der Waals surface area contributed by atoms with Gasteiger partial charge in [0.25, 0.3) is 5.91 Å². The van der Waals surface area contributed by atoms with E-state index in [1.165, 1.54) is 11.8 Å². The summed E-state index contributed by atoms with van der Waals surface area (Å²) in [6.45, 7) is 2.00. The molecule has 76 valence electrons. The first kappa shape index (κ1) is 10.9. The summed E-state index contributed by atoms with van der Waals surface area (Å²) < 4.78 is 0. The minimum absolute atomic E-state index is 0.0682. The number of benzene rings is 1. The lowest BCUT2D eigenvalue weighted by molar-refractivity contribution is 0.0960. The maximum atomic E-state index is 11.3. The van der Waals surface area contributed by atoms with Gasteiger partial charge in [0.2, 0.25) is 0 Å². The van der Waals surface area contributed by atoms with E-state index in [2.05, 4.69) is 5.32 Å². The van der Waals surface area contributed by atoms with E-state index in [9.17, 15) is 9.90 Å². The number of amides is 1. The summed E-state index contributed by atoms with van der Waals surface area (Å²) >= 11 is 1.51. The number of carbonyl (C=O) groups is 1. The molecule has 0 aliphatic carbocycles. The van der Waals surface area contributed by atoms with Gasteiger partial charge >= 0.3 is 0 Å². The zero-order chi connectivity index (χ0) is 10.6. The van der Waals surface area contributed by atoms with Crippen LogP contribution >= 0.6 is 11.8 Å². The van der Waals surface area contributed by atoms with Crippen LogP contribution in [0.3, 0.4) is 0 Å². The van der Waals surface area contributed by atoms with Crippen molar-refractivity contribution >= 4 is 17.7 Å². The monoisotopic (exact) mass is 211 g/mol. The average molecular weight is 211 g/mol. The van der Waals surface area contributed by atoms with Gasteiger partial charge in [0.1, 0.15) is 5.75 Å². The Labute approximate surface area is 87.5 Å². The van der Waals surface area contributed by atoms with Crippen LogP contribution in [0, 0.1) is 0 Å². The molecule has 0 aliphatic rings. The zero-order valence-corrected chi connectivity index (χ0v) is 9.02. The van der Waals surface area contributed by atoms with E-state index in [0.717, 1.165) is 10.6 Å². The van der Waals surface area contributed by atoms with Crippen molar-refractivity contribution < 1.29 is 9.90 Å². The molecule has 1 rings (SSSR count). The van der Waals surface area contributed by atoms with Crippen molar-refractivity contribution in [2.24, 2.45) is 0 Å². The number of phenolic OH excluding ortho intramolecular Hbond substituents is 1. The molecule has 2 N–H and O–H groups in total. The molecule has 0 atom stereocenters. The first-order valence-corrected chi connectivity index (χ1v) is 5.36. The molecule has 0 aromatic heterocycles. The van der Waals surface area contributed by atoms with E-state index >= 15 is 0 Å². The lowest BCUT2D eigenvalue weighted by Crippen LogP contribution is -2.17. The van der Waals surface area contributed by atoms with Gasteiger partial charge < -0.3 is 10.4 Å². The molecule has 0 unspecified atom stereocenters. The molecule has 0 fully saturated rings. The Balaban J connectivity index is 3.07. The van der Waals surface area contributed by atoms with Crippen molar-refractivity contribution in [1.29, 1.82) is 0 Å². The maximum absolute atomic E-state index is 11.3. The summed E-state index contributed by atoms with van der Waals surface area (Å²) in [6.07, 6.45) is 0. The molecule has 1 amide bonds. The SMILES string of the molecule is CCSc1cccc(C(=O)NC)c1O.